The molecule has 0 amide bonds. The lowest BCUT2D eigenvalue weighted by molar-refractivity contribution is 0.112. The molecule has 2 aromatic heterocycles. The zero-order valence-corrected chi connectivity index (χ0v) is 16.2. The number of hydrogen-bond acceptors (Lipinski definition) is 5. The van der Waals surface area contributed by atoms with E-state index in [0.29, 0.717) is 17.2 Å². The van der Waals surface area contributed by atoms with Crippen molar-refractivity contribution in [1.82, 2.24) is 9.97 Å². The summed E-state index contributed by atoms with van der Waals surface area (Å²) in [6.45, 7) is 3.60. The van der Waals surface area contributed by atoms with Crippen molar-refractivity contribution in [2.75, 3.05) is 18.0 Å². The van der Waals surface area contributed by atoms with Crippen molar-refractivity contribution in [3.8, 4) is 11.6 Å². The van der Waals surface area contributed by atoms with Gasteiger partial charge in [0.05, 0.1) is 6.20 Å². The first-order chi connectivity index (χ1) is 14.2. The average molecular weight is 391 g/mol. The van der Waals surface area contributed by atoms with Crippen molar-refractivity contribution in [2.45, 2.75) is 25.7 Å². The maximum atomic E-state index is 13.1. The number of pyridine rings is 2. The maximum Gasteiger partial charge on any atom is 0.222 e. The van der Waals surface area contributed by atoms with Crippen LogP contribution >= 0.6 is 0 Å². The van der Waals surface area contributed by atoms with Gasteiger partial charge >= 0.3 is 0 Å². The average Bonchev–Trinajstić information content (AvgIpc) is 3.24. The van der Waals surface area contributed by atoms with E-state index in [4.69, 9.17) is 4.74 Å². The van der Waals surface area contributed by atoms with E-state index in [9.17, 15) is 9.18 Å². The van der Waals surface area contributed by atoms with Crippen LogP contribution in [0.1, 0.15) is 40.7 Å². The second kappa shape index (κ2) is 8.39. The number of aldehydes is 1. The minimum Gasteiger partial charge on any atom is -0.439 e. The number of halogens is 1. The van der Waals surface area contributed by atoms with Crippen LogP contribution in [-0.4, -0.2) is 29.3 Å². The van der Waals surface area contributed by atoms with Crippen molar-refractivity contribution in [1.29, 1.82) is 0 Å². The Bertz CT molecular complexity index is 1010. The van der Waals surface area contributed by atoms with E-state index in [1.807, 2.05) is 31.2 Å². The Morgan fingerprint density at radius 2 is 2.14 bits per heavy atom. The topological polar surface area (TPSA) is 55.3 Å². The van der Waals surface area contributed by atoms with E-state index in [2.05, 4.69) is 14.9 Å². The number of benzene rings is 1. The summed E-state index contributed by atoms with van der Waals surface area (Å²) in [5.74, 6) is 1.77. The molecule has 6 heteroatoms. The molecule has 5 nitrogen and oxygen atoms in total. The fourth-order valence-electron chi connectivity index (χ4n) is 3.76. The summed E-state index contributed by atoms with van der Waals surface area (Å²) >= 11 is 0. The van der Waals surface area contributed by atoms with Crippen LogP contribution in [0, 0.1) is 5.82 Å². The minimum absolute atomic E-state index is 0.206. The summed E-state index contributed by atoms with van der Waals surface area (Å²) in [6.07, 6.45) is 5.52. The number of nitrogens with zero attached hydrogens (tertiary/aromatic N) is 3. The van der Waals surface area contributed by atoms with Gasteiger partial charge in [-0.3, -0.25) is 4.79 Å². The molecule has 1 saturated heterocycles. The molecule has 4 rings (SSSR count). The summed E-state index contributed by atoms with van der Waals surface area (Å²) < 4.78 is 19.1. The highest BCUT2D eigenvalue weighted by molar-refractivity contribution is 5.78. The predicted molar refractivity (Wildman–Crippen MR) is 109 cm³/mol. The van der Waals surface area contributed by atoms with Gasteiger partial charge in [-0.1, -0.05) is 19.1 Å². The van der Waals surface area contributed by atoms with Crippen molar-refractivity contribution < 1.29 is 13.9 Å². The molecule has 0 radical (unpaired) electrons. The van der Waals surface area contributed by atoms with Gasteiger partial charge in [0, 0.05) is 36.3 Å². The number of carbonyl (C=O) groups excluding carboxylic acids is 1. The van der Waals surface area contributed by atoms with Crippen molar-refractivity contribution in [2.24, 2.45) is 0 Å². The highest BCUT2D eigenvalue weighted by atomic mass is 19.1. The first-order valence-corrected chi connectivity index (χ1v) is 9.75. The lowest BCUT2D eigenvalue weighted by atomic mass is 9.94. The van der Waals surface area contributed by atoms with E-state index in [0.717, 1.165) is 49.2 Å². The molecule has 0 saturated carbocycles. The Morgan fingerprint density at radius 1 is 1.24 bits per heavy atom. The summed E-state index contributed by atoms with van der Waals surface area (Å²) in [6, 6.07) is 12.6. The molecular weight excluding hydrogens is 369 g/mol. The number of rotatable bonds is 6. The van der Waals surface area contributed by atoms with Crippen LogP contribution in [0.3, 0.4) is 0 Å². The molecule has 1 aliphatic heterocycles. The third-order valence-corrected chi connectivity index (χ3v) is 5.29. The fraction of sp³-hybridized carbons (Fsp3) is 0.261. The Balaban J connectivity index is 1.53. The third-order valence-electron chi connectivity index (χ3n) is 5.29. The smallest absolute Gasteiger partial charge is 0.222 e. The summed E-state index contributed by atoms with van der Waals surface area (Å²) in [5, 5.41) is 0. The molecule has 1 aromatic carbocycles. The highest BCUT2D eigenvalue weighted by Crippen LogP contribution is 2.34. The van der Waals surface area contributed by atoms with E-state index in [1.165, 1.54) is 12.3 Å². The van der Waals surface area contributed by atoms with Gasteiger partial charge in [0.2, 0.25) is 5.88 Å². The van der Waals surface area contributed by atoms with Crippen LogP contribution in [-0.2, 0) is 6.42 Å². The Kier molecular flexibility index (Phi) is 5.51. The molecule has 0 N–H and O–H groups in total. The Morgan fingerprint density at radius 3 is 2.90 bits per heavy atom. The number of aryl methyl sites for hydroxylation is 1. The molecule has 1 fully saturated rings. The number of carbonyl (C=O) groups is 1. The van der Waals surface area contributed by atoms with Gasteiger partial charge in [0.1, 0.15) is 23.7 Å². The van der Waals surface area contributed by atoms with Crippen molar-refractivity contribution in [3.05, 3.63) is 77.4 Å². The molecule has 3 heterocycles. The molecule has 3 aromatic rings. The minimum atomic E-state index is -0.345. The molecule has 1 atom stereocenters. The standard InChI is InChI=1S/C23H22FN3O2/c1-2-16-4-3-10-25-23(16)29-20-6-7-21(18(12-20)15-28)17-9-11-27(14-17)22-8-5-19(24)13-26-22/h3-8,10,12-13,15,17H,2,9,11,14H2,1H3. The second-order valence-electron chi connectivity index (χ2n) is 7.10. The Labute approximate surface area is 169 Å². The van der Waals surface area contributed by atoms with Gasteiger partial charge in [0.15, 0.2) is 0 Å². The van der Waals surface area contributed by atoms with Crippen molar-refractivity contribution >= 4 is 12.1 Å². The molecule has 29 heavy (non-hydrogen) atoms. The third kappa shape index (κ3) is 4.11. The quantitative estimate of drug-likeness (QED) is 0.566. The summed E-state index contributed by atoms with van der Waals surface area (Å²) in [5.41, 5.74) is 2.63. The number of hydrogen-bond donors (Lipinski definition) is 0. The lowest BCUT2D eigenvalue weighted by Gasteiger charge is -2.18. The molecule has 0 spiro atoms. The molecule has 1 aliphatic rings. The summed E-state index contributed by atoms with van der Waals surface area (Å²) in [7, 11) is 0. The van der Waals surface area contributed by atoms with E-state index in [1.54, 1.807) is 18.3 Å². The second-order valence-corrected chi connectivity index (χ2v) is 7.10. The molecule has 0 aliphatic carbocycles. The number of ether oxygens (including phenoxy) is 1. The first kappa shape index (κ1) is 19.1. The van der Waals surface area contributed by atoms with E-state index < -0.39 is 0 Å². The van der Waals surface area contributed by atoms with Gasteiger partial charge in [-0.25, -0.2) is 14.4 Å². The van der Waals surface area contributed by atoms with Gasteiger partial charge < -0.3 is 9.64 Å². The molecular formula is C23H22FN3O2. The normalized spacial score (nSPS) is 16.1. The zero-order chi connectivity index (χ0) is 20.2. The van der Waals surface area contributed by atoms with E-state index in [-0.39, 0.29) is 11.7 Å². The summed E-state index contributed by atoms with van der Waals surface area (Å²) in [4.78, 5) is 22.3. The van der Waals surface area contributed by atoms with Gasteiger partial charge in [-0.2, -0.15) is 0 Å². The van der Waals surface area contributed by atoms with Crippen LogP contribution in [0.2, 0.25) is 0 Å². The highest BCUT2D eigenvalue weighted by Gasteiger charge is 2.26. The SMILES string of the molecule is CCc1cccnc1Oc1ccc(C2CCN(c3ccc(F)cn3)C2)c(C=O)c1. The lowest BCUT2D eigenvalue weighted by Crippen LogP contribution is -2.20. The zero-order valence-electron chi connectivity index (χ0n) is 16.2. The Hall–Kier alpha value is -3.28. The van der Waals surface area contributed by atoms with Gasteiger partial charge in [0.25, 0.3) is 0 Å². The predicted octanol–water partition coefficient (Wildman–Crippen LogP) is 4.78. The fourth-order valence-corrected chi connectivity index (χ4v) is 3.76. The molecule has 1 unspecified atom stereocenters. The molecule has 0 bridgehead atoms. The van der Waals surface area contributed by atoms with Crippen LogP contribution in [0.15, 0.2) is 54.9 Å². The molecule has 148 valence electrons. The monoisotopic (exact) mass is 391 g/mol. The van der Waals surface area contributed by atoms with Crippen LogP contribution in [0.4, 0.5) is 10.2 Å². The van der Waals surface area contributed by atoms with Gasteiger partial charge in [-0.15, -0.1) is 0 Å². The van der Waals surface area contributed by atoms with Crippen LogP contribution in [0.25, 0.3) is 0 Å². The van der Waals surface area contributed by atoms with Crippen LogP contribution < -0.4 is 9.64 Å². The van der Waals surface area contributed by atoms with E-state index >= 15 is 0 Å². The number of anilines is 1. The maximum absolute atomic E-state index is 13.1. The van der Waals surface area contributed by atoms with Crippen LogP contribution in [0.5, 0.6) is 11.6 Å². The number of aromatic nitrogens is 2. The largest absolute Gasteiger partial charge is 0.439 e. The van der Waals surface area contributed by atoms with Gasteiger partial charge in [-0.05, 0) is 48.7 Å². The first-order valence-electron chi connectivity index (χ1n) is 9.75. The van der Waals surface area contributed by atoms with Crippen molar-refractivity contribution in [3.63, 3.8) is 0 Å².